The Hall–Kier alpha value is -2.45. The predicted molar refractivity (Wildman–Crippen MR) is 91.3 cm³/mol. The average molecular weight is 347 g/mol. The Balaban J connectivity index is 1.70. The first-order chi connectivity index (χ1) is 11.5. The van der Waals surface area contributed by atoms with Crippen LogP contribution in [0, 0.1) is 10.1 Å². The number of rotatable bonds is 3. The monoisotopic (exact) mass is 347 g/mol. The number of carbonyl (C=O) groups is 1. The third-order valence-corrected chi connectivity index (χ3v) is 4.47. The molecule has 0 spiro atoms. The second kappa shape index (κ2) is 6.98. The van der Waals surface area contributed by atoms with Crippen LogP contribution in [0.15, 0.2) is 41.1 Å². The van der Waals surface area contributed by atoms with Crippen LogP contribution >= 0.6 is 11.3 Å². The van der Waals surface area contributed by atoms with E-state index in [1.807, 2.05) is 23.8 Å². The summed E-state index contributed by atoms with van der Waals surface area (Å²) in [5.74, 6) is 0. The van der Waals surface area contributed by atoms with Gasteiger partial charge in [0.1, 0.15) is 6.10 Å². The third kappa shape index (κ3) is 3.72. The quantitative estimate of drug-likeness (QED) is 0.678. The molecule has 0 bridgehead atoms. The summed E-state index contributed by atoms with van der Waals surface area (Å²) in [6, 6.07) is 7.61. The van der Waals surface area contributed by atoms with Gasteiger partial charge in [0.05, 0.1) is 17.6 Å². The minimum absolute atomic E-state index is 0.0562. The van der Waals surface area contributed by atoms with Gasteiger partial charge in [-0.15, -0.1) is 0 Å². The van der Waals surface area contributed by atoms with E-state index in [0.717, 1.165) is 5.56 Å². The first kappa shape index (κ1) is 16.4. The molecule has 24 heavy (non-hydrogen) atoms. The zero-order valence-electron chi connectivity index (χ0n) is 13.0. The minimum atomic E-state index is -0.487. The molecule has 2 unspecified atom stereocenters. The van der Waals surface area contributed by atoms with Crippen LogP contribution in [0.3, 0.4) is 0 Å². The molecule has 1 aromatic carbocycles. The van der Waals surface area contributed by atoms with Crippen molar-refractivity contribution in [3.05, 3.63) is 56.8 Å². The van der Waals surface area contributed by atoms with Gasteiger partial charge in [-0.05, 0) is 35.4 Å². The third-order valence-electron chi connectivity index (χ3n) is 3.77. The van der Waals surface area contributed by atoms with Gasteiger partial charge in [0.15, 0.2) is 0 Å². The fraction of sp³-hybridized carbons (Fsp3) is 0.312. The van der Waals surface area contributed by atoms with E-state index in [2.05, 4.69) is 5.32 Å². The van der Waals surface area contributed by atoms with Crippen molar-refractivity contribution in [2.45, 2.75) is 19.1 Å². The topological polar surface area (TPSA) is 84.7 Å². The van der Waals surface area contributed by atoms with Gasteiger partial charge >= 0.3 is 6.03 Å². The van der Waals surface area contributed by atoms with Crippen LogP contribution in [0.25, 0.3) is 0 Å². The molecule has 0 saturated carbocycles. The number of nitro groups is 1. The second-order valence-electron chi connectivity index (χ2n) is 5.63. The maximum atomic E-state index is 12.5. The van der Waals surface area contributed by atoms with Crippen molar-refractivity contribution < 1.29 is 14.5 Å². The van der Waals surface area contributed by atoms with Gasteiger partial charge < -0.3 is 15.0 Å². The number of hydrogen-bond donors (Lipinski definition) is 1. The molecule has 0 aliphatic carbocycles. The summed E-state index contributed by atoms with van der Waals surface area (Å²) < 4.78 is 5.91. The van der Waals surface area contributed by atoms with Gasteiger partial charge in [0, 0.05) is 24.4 Å². The van der Waals surface area contributed by atoms with Crippen molar-refractivity contribution >= 4 is 28.7 Å². The molecule has 1 aliphatic rings. The van der Waals surface area contributed by atoms with Gasteiger partial charge in [-0.3, -0.25) is 10.1 Å². The van der Waals surface area contributed by atoms with E-state index >= 15 is 0 Å². The zero-order chi connectivity index (χ0) is 17.1. The van der Waals surface area contributed by atoms with Crippen LogP contribution < -0.4 is 5.32 Å². The Morgan fingerprint density at radius 1 is 1.42 bits per heavy atom. The van der Waals surface area contributed by atoms with E-state index in [-0.39, 0.29) is 23.9 Å². The van der Waals surface area contributed by atoms with Gasteiger partial charge in [-0.2, -0.15) is 11.3 Å². The molecular formula is C16H17N3O4S. The molecule has 0 radical (unpaired) electrons. The number of benzene rings is 1. The number of ether oxygens (including phenoxy) is 1. The van der Waals surface area contributed by atoms with Gasteiger partial charge in [0.25, 0.3) is 5.69 Å². The molecule has 2 heterocycles. The van der Waals surface area contributed by atoms with E-state index in [9.17, 15) is 14.9 Å². The number of anilines is 1. The molecule has 2 atom stereocenters. The second-order valence-corrected chi connectivity index (χ2v) is 6.41. The van der Waals surface area contributed by atoms with Crippen molar-refractivity contribution in [3.63, 3.8) is 0 Å². The number of nitro benzene ring substituents is 1. The SMILES string of the molecule is CC1CN(C(=O)Nc2cccc([N+](=O)[O-])c2)CC(c2ccsc2)O1. The van der Waals surface area contributed by atoms with Crippen LogP contribution in [0.2, 0.25) is 0 Å². The van der Waals surface area contributed by atoms with Crippen LogP contribution in [0.4, 0.5) is 16.2 Å². The van der Waals surface area contributed by atoms with E-state index in [1.165, 1.54) is 12.1 Å². The Kier molecular flexibility index (Phi) is 4.77. The van der Waals surface area contributed by atoms with Crippen molar-refractivity contribution in [2.75, 3.05) is 18.4 Å². The molecule has 1 N–H and O–H groups in total. The number of nitrogens with zero attached hydrogens (tertiary/aromatic N) is 2. The van der Waals surface area contributed by atoms with E-state index in [4.69, 9.17) is 4.74 Å². The molecule has 1 fully saturated rings. The summed E-state index contributed by atoms with van der Waals surface area (Å²) in [4.78, 5) is 24.5. The molecule has 2 amide bonds. The lowest BCUT2D eigenvalue weighted by Crippen LogP contribution is -2.47. The van der Waals surface area contributed by atoms with Crippen molar-refractivity contribution in [3.8, 4) is 0 Å². The number of thiophene rings is 1. The summed E-state index contributed by atoms with van der Waals surface area (Å²) in [5, 5.41) is 17.5. The Labute approximate surface area is 143 Å². The zero-order valence-corrected chi connectivity index (χ0v) is 13.9. The largest absolute Gasteiger partial charge is 0.367 e. The number of nitrogens with one attached hydrogen (secondary N) is 1. The predicted octanol–water partition coefficient (Wildman–Crippen LogP) is 3.65. The standard InChI is InChI=1S/C16H17N3O4S/c1-11-8-18(9-15(23-11)12-5-6-24-10-12)16(20)17-13-3-2-4-14(7-13)19(21)22/h2-7,10-11,15H,8-9H2,1H3,(H,17,20). The highest BCUT2D eigenvalue weighted by atomic mass is 32.1. The highest BCUT2D eigenvalue weighted by Crippen LogP contribution is 2.27. The Bertz CT molecular complexity index is 735. The number of amides is 2. The first-order valence-corrected chi connectivity index (χ1v) is 8.45. The summed E-state index contributed by atoms with van der Waals surface area (Å²) in [6.45, 7) is 2.84. The summed E-state index contributed by atoms with van der Waals surface area (Å²) in [7, 11) is 0. The number of carbonyl (C=O) groups excluding carboxylic acids is 1. The molecule has 1 saturated heterocycles. The van der Waals surface area contributed by atoms with Gasteiger partial charge in [-0.25, -0.2) is 4.79 Å². The maximum absolute atomic E-state index is 12.5. The Morgan fingerprint density at radius 2 is 2.25 bits per heavy atom. The highest BCUT2D eigenvalue weighted by Gasteiger charge is 2.29. The molecule has 3 rings (SSSR count). The molecule has 8 heteroatoms. The molecule has 2 aromatic rings. The van der Waals surface area contributed by atoms with Crippen LogP contribution in [0.1, 0.15) is 18.6 Å². The van der Waals surface area contributed by atoms with Gasteiger partial charge in [0.2, 0.25) is 0 Å². The van der Waals surface area contributed by atoms with Crippen molar-refractivity contribution in [1.29, 1.82) is 0 Å². The molecule has 1 aromatic heterocycles. The number of non-ortho nitro benzene ring substituents is 1. The molecular weight excluding hydrogens is 330 g/mol. The lowest BCUT2D eigenvalue weighted by atomic mass is 10.1. The van der Waals surface area contributed by atoms with Gasteiger partial charge in [-0.1, -0.05) is 6.07 Å². The van der Waals surface area contributed by atoms with E-state index in [1.54, 1.807) is 28.4 Å². The van der Waals surface area contributed by atoms with E-state index in [0.29, 0.717) is 18.8 Å². The summed E-state index contributed by atoms with van der Waals surface area (Å²) in [6.07, 6.45) is -0.240. The van der Waals surface area contributed by atoms with Crippen molar-refractivity contribution in [2.24, 2.45) is 0 Å². The summed E-state index contributed by atoms with van der Waals surface area (Å²) >= 11 is 1.59. The number of morpholine rings is 1. The van der Waals surface area contributed by atoms with Crippen molar-refractivity contribution in [1.82, 2.24) is 4.90 Å². The van der Waals surface area contributed by atoms with Crippen LogP contribution in [0.5, 0.6) is 0 Å². The van der Waals surface area contributed by atoms with E-state index < -0.39 is 4.92 Å². The fourth-order valence-electron chi connectivity index (χ4n) is 2.66. The normalized spacial score (nSPS) is 20.6. The molecule has 126 valence electrons. The van der Waals surface area contributed by atoms with Crippen LogP contribution in [-0.4, -0.2) is 35.0 Å². The lowest BCUT2D eigenvalue weighted by Gasteiger charge is -2.36. The maximum Gasteiger partial charge on any atom is 0.322 e. The fourth-order valence-corrected chi connectivity index (χ4v) is 3.36. The van der Waals surface area contributed by atoms with Crippen LogP contribution in [-0.2, 0) is 4.74 Å². The average Bonchev–Trinajstić information content (AvgIpc) is 3.09. The number of hydrogen-bond acceptors (Lipinski definition) is 5. The smallest absolute Gasteiger partial charge is 0.322 e. The first-order valence-electron chi connectivity index (χ1n) is 7.51. The highest BCUT2D eigenvalue weighted by molar-refractivity contribution is 7.07. The minimum Gasteiger partial charge on any atom is -0.367 e. The number of urea groups is 1. The summed E-state index contributed by atoms with van der Waals surface area (Å²) in [5.41, 5.74) is 1.40. The lowest BCUT2D eigenvalue weighted by molar-refractivity contribution is -0.384. The Morgan fingerprint density at radius 3 is 2.96 bits per heavy atom. The molecule has 7 nitrogen and oxygen atoms in total. The molecule has 1 aliphatic heterocycles.